The summed E-state index contributed by atoms with van der Waals surface area (Å²) < 4.78 is 11.3. The van der Waals surface area contributed by atoms with E-state index in [2.05, 4.69) is 10.3 Å². The van der Waals surface area contributed by atoms with Gasteiger partial charge in [0.25, 0.3) is 0 Å². The second kappa shape index (κ2) is 8.91. The molecule has 1 fully saturated rings. The molecule has 0 radical (unpaired) electrons. The zero-order chi connectivity index (χ0) is 20.1. The number of aromatic nitrogens is 1. The lowest BCUT2D eigenvalue weighted by Crippen LogP contribution is -2.45. The number of hydrogen-bond acceptors (Lipinski definition) is 5. The van der Waals surface area contributed by atoms with Crippen molar-refractivity contribution >= 4 is 6.09 Å². The number of amides is 1. The number of piperidine rings is 1. The van der Waals surface area contributed by atoms with Gasteiger partial charge in [-0.05, 0) is 78.5 Å². The Bertz CT molecular complexity index is 620. The standard InChI is InChI=1S/C21H35N3O3/c1-20(2,3)26-18-12-16(9-10-23-18)13-22-14-17-8-7-11-24(15-17)19(25)27-21(4,5)6/h9-10,12,17,22H,7-8,11,13-15H2,1-6H3/t17-/m0/s1. The Morgan fingerprint density at radius 2 is 2.00 bits per heavy atom. The fourth-order valence-corrected chi connectivity index (χ4v) is 3.07. The molecule has 6 heteroatoms. The van der Waals surface area contributed by atoms with E-state index in [1.165, 1.54) is 0 Å². The maximum Gasteiger partial charge on any atom is 0.410 e. The van der Waals surface area contributed by atoms with Crippen LogP contribution in [-0.4, -0.2) is 46.8 Å². The van der Waals surface area contributed by atoms with Crippen LogP contribution in [0.3, 0.4) is 0 Å². The fourth-order valence-electron chi connectivity index (χ4n) is 3.07. The predicted molar refractivity (Wildman–Crippen MR) is 107 cm³/mol. The number of ether oxygens (including phenoxy) is 2. The fraction of sp³-hybridized carbons (Fsp3) is 0.714. The highest BCUT2D eigenvalue weighted by Gasteiger charge is 2.27. The monoisotopic (exact) mass is 377 g/mol. The SMILES string of the molecule is CC(C)(C)OC(=O)N1CCC[C@@H](CNCc2ccnc(OC(C)(C)C)c2)C1. The summed E-state index contributed by atoms with van der Waals surface area (Å²) in [6, 6.07) is 3.97. The molecule has 27 heavy (non-hydrogen) atoms. The van der Waals surface area contributed by atoms with Crippen LogP contribution in [0.5, 0.6) is 5.88 Å². The molecule has 2 rings (SSSR count). The van der Waals surface area contributed by atoms with Gasteiger partial charge in [0.05, 0.1) is 0 Å². The molecule has 1 aromatic rings. The summed E-state index contributed by atoms with van der Waals surface area (Å²) in [6.07, 6.45) is 3.72. The quantitative estimate of drug-likeness (QED) is 0.840. The molecule has 6 nitrogen and oxygen atoms in total. The van der Waals surface area contributed by atoms with Crippen LogP contribution in [0.25, 0.3) is 0 Å². The van der Waals surface area contributed by atoms with Crippen molar-refractivity contribution in [3.8, 4) is 5.88 Å². The summed E-state index contributed by atoms with van der Waals surface area (Å²) in [4.78, 5) is 18.4. The summed E-state index contributed by atoms with van der Waals surface area (Å²) in [5, 5.41) is 3.51. The number of rotatable bonds is 5. The Morgan fingerprint density at radius 1 is 1.26 bits per heavy atom. The average molecular weight is 378 g/mol. The van der Waals surface area contributed by atoms with Crippen molar-refractivity contribution in [1.29, 1.82) is 0 Å². The highest BCUT2D eigenvalue weighted by molar-refractivity contribution is 5.68. The molecule has 1 N–H and O–H groups in total. The van der Waals surface area contributed by atoms with Crippen molar-refractivity contribution < 1.29 is 14.3 Å². The smallest absolute Gasteiger partial charge is 0.410 e. The number of nitrogens with one attached hydrogen (secondary N) is 1. The second-order valence-electron chi connectivity index (χ2n) is 9.28. The van der Waals surface area contributed by atoms with Crippen molar-refractivity contribution in [1.82, 2.24) is 15.2 Å². The molecule has 0 unspecified atom stereocenters. The lowest BCUT2D eigenvalue weighted by atomic mass is 9.98. The van der Waals surface area contributed by atoms with Crippen molar-refractivity contribution in [2.75, 3.05) is 19.6 Å². The molecule has 0 aliphatic carbocycles. The van der Waals surface area contributed by atoms with E-state index in [1.54, 1.807) is 6.20 Å². The largest absolute Gasteiger partial charge is 0.472 e. The molecule has 1 amide bonds. The van der Waals surface area contributed by atoms with Crippen LogP contribution in [0.4, 0.5) is 4.79 Å². The third-order valence-corrected chi connectivity index (χ3v) is 4.14. The number of carbonyl (C=O) groups excluding carboxylic acids is 1. The molecular formula is C21H35N3O3. The summed E-state index contributed by atoms with van der Waals surface area (Å²) in [6.45, 7) is 14.9. The Balaban J connectivity index is 1.80. The molecule has 0 aromatic carbocycles. The van der Waals surface area contributed by atoms with Gasteiger partial charge >= 0.3 is 6.09 Å². The van der Waals surface area contributed by atoms with Gasteiger partial charge < -0.3 is 19.7 Å². The van der Waals surface area contributed by atoms with E-state index < -0.39 is 5.60 Å². The van der Waals surface area contributed by atoms with Crippen molar-refractivity contribution in [3.05, 3.63) is 23.9 Å². The van der Waals surface area contributed by atoms with E-state index in [9.17, 15) is 4.79 Å². The highest BCUT2D eigenvalue weighted by atomic mass is 16.6. The molecule has 2 heterocycles. The highest BCUT2D eigenvalue weighted by Crippen LogP contribution is 2.20. The Kier molecular flexibility index (Phi) is 7.09. The van der Waals surface area contributed by atoms with Gasteiger partial charge in [0.1, 0.15) is 11.2 Å². The Hall–Kier alpha value is -1.82. The minimum Gasteiger partial charge on any atom is -0.472 e. The Labute approximate surface area is 163 Å². The van der Waals surface area contributed by atoms with Gasteiger partial charge in [0.15, 0.2) is 0 Å². The first-order valence-corrected chi connectivity index (χ1v) is 9.84. The first-order chi connectivity index (χ1) is 12.5. The van der Waals surface area contributed by atoms with E-state index in [4.69, 9.17) is 9.47 Å². The summed E-state index contributed by atoms with van der Waals surface area (Å²) >= 11 is 0. The van der Waals surface area contributed by atoms with Gasteiger partial charge in [-0.2, -0.15) is 0 Å². The normalized spacial score (nSPS) is 18.3. The third kappa shape index (κ3) is 8.16. The zero-order valence-corrected chi connectivity index (χ0v) is 17.7. The van der Waals surface area contributed by atoms with Gasteiger partial charge in [-0.1, -0.05) is 0 Å². The number of hydrogen-bond donors (Lipinski definition) is 1. The van der Waals surface area contributed by atoms with Crippen molar-refractivity contribution in [2.45, 2.75) is 72.1 Å². The minimum atomic E-state index is -0.448. The van der Waals surface area contributed by atoms with Crippen LogP contribution in [0.1, 0.15) is 59.9 Å². The summed E-state index contributed by atoms with van der Waals surface area (Å²) in [7, 11) is 0. The molecule has 0 bridgehead atoms. The molecule has 152 valence electrons. The number of carbonyl (C=O) groups is 1. The lowest BCUT2D eigenvalue weighted by Gasteiger charge is -2.34. The predicted octanol–water partition coefficient (Wildman–Crippen LogP) is 4.00. The first kappa shape index (κ1) is 21.5. The van der Waals surface area contributed by atoms with Crippen LogP contribution in [0.2, 0.25) is 0 Å². The second-order valence-corrected chi connectivity index (χ2v) is 9.28. The summed E-state index contributed by atoms with van der Waals surface area (Å²) in [5.74, 6) is 1.09. The molecule has 1 saturated heterocycles. The average Bonchev–Trinajstić information content (AvgIpc) is 2.52. The molecule has 1 aliphatic heterocycles. The molecule has 0 spiro atoms. The zero-order valence-electron chi connectivity index (χ0n) is 17.7. The van der Waals surface area contributed by atoms with Crippen molar-refractivity contribution in [3.63, 3.8) is 0 Å². The van der Waals surface area contributed by atoms with E-state index in [-0.39, 0.29) is 11.7 Å². The topological polar surface area (TPSA) is 63.7 Å². The van der Waals surface area contributed by atoms with Gasteiger partial charge in [-0.25, -0.2) is 9.78 Å². The van der Waals surface area contributed by atoms with Gasteiger partial charge in [0, 0.05) is 31.9 Å². The van der Waals surface area contributed by atoms with Crippen LogP contribution in [0.15, 0.2) is 18.3 Å². The number of pyridine rings is 1. The van der Waals surface area contributed by atoms with E-state index in [0.29, 0.717) is 11.8 Å². The van der Waals surface area contributed by atoms with Crippen LogP contribution in [0, 0.1) is 5.92 Å². The molecule has 1 atom stereocenters. The van der Waals surface area contributed by atoms with Crippen LogP contribution in [-0.2, 0) is 11.3 Å². The maximum atomic E-state index is 12.3. The lowest BCUT2D eigenvalue weighted by molar-refractivity contribution is 0.0166. The number of nitrogens with zero attached hydrogens (tertiary/aromatic N) is 2. The van der Waals surface area contributed by atoms with Crippen LogP contribution < -0.4 is 10.1 Å². The van der Waals surface area contributed by atoms with Crippen LogP contribution >= 0.6 is 0 Å². The first-order valence-electron chi connectivity index (χ1n) is 9.84. The Morgan fingerprint density at radius 3 is 2.67 bits per heavy atom. The van der Waals surface area contributed by atoms with Gasteiger partial charge in [-0.15, -0.1) is 0 Å². The molecule has 1 aliphatic rings. The van der Waals surface area contributed by atoms with Crippen molar-refractivity contribution in [2.24, 2.45) is 5.92 Å². The minimum absolute atomic E-state index is 0.203. The van der Waals surface area contributed by atoms with E-state index in [0.717, 1.165) is 44.6 Å². The third-order valence-electron chi connectivity index (χ3n) is 4.14. The number of likely N-dealkylation sites (tertiary alicyclic amines) is 1. The molecule has 1 aromatic heterocycles. The van der Waals surface area contributed by atoms with E-state index >= 15 is 0 Å². The molecular weight excluding hydrogens is 342 g/mol. The maximum absolute atomic E-state index is 12.3. The van der Waals surface area contributed by atoms with Gasteiger partial charge in [-0.3, -0.25) is 0 Å². The van der Waals surface area contributed by atoms with E-state index in [1.807, 2.05) is 58.6 Å². The molecule has 0 saturated carbocycles. The van der Waals surface area contributed by atoms with Gasteiger partial charge in [0.2, 0.25) is 5.88 Å². The summed E-state index contributed by atoms with van der Waals surface area (Å²) in [5.41, 5.74) is 0.437.